The van der Waals surface area contributed by atoms with Crippen LogP contribution in [-0.4, -0.2) is 15.1 Å². The number of halogens is 1. The van der Waals surface area contributed by atoms with Gasteiger partial charge in [-0.1, -0.05) is 0 Å². The Morgan fingerprint density at radius 2 is 2.00 bits per heavy atom. The molecule has 0 aliphatic rings. The van der Waals surface area contributed by atoms with E-state index in [4.69, 9.17) is 10.5 Å². The van der Waals surface area contributed by atoms with E-state index in [1.165, 1.54) is 36.2 Å². The number of benzene rings is 1. The summed E-state index contributed by atoms with van der Waals surface area (Å²) in [6.45, 7) is 0. The van der Waals surface area contributed by atoms with Gasteiger partial charge in [0.2, 0.25) is 5.88 Å². The second-order valence-corrected chi connectivity index (χ2v) is 5.81. The Labute approximate surface area is 141 Å². The maximum absolute atomic E-state index is 13.6. The number of nitrogens with zero attached hydrogens (tertiary/aromatic N) is 4. The molecule has 2 aromatic heterocycles. The Morgan fingerprint density at radius 1 is 1.17 bits per heavy atom. The summed E-state index contributed by atoms with van der Waals surface area (Å²) in [5.41, 5.74) is 1.21. The summed E-state index contributed by atoms with van der Waals surface area (Å²) in [6.07, 6.45) is 3.11. The average molecular weight is 336 g/mol. The Morgan fingerprint density at radius 3 is 2.75 bits per heavy atom. The van der Waals surface area contributed by atoms with Gasteiger partial charge in [0.05, 0.1) is 11.6 Å². The number of pyridine rings is 2. The van der Waals surface area contributed by atoms with E-state index in [1.54, 1.807) is 12.3 Å². The average Bonchev–Trinajstić information content (AvgIpc) is 2.60. The molecule has 2 heterocycles. The van der Waals surface area contributed by atoms with Gasteiger partial charge in [0.1, 0.15) is 22.5 Å². The number of aromatic hydroxyl groups is 1. The second-order valence-electron chi connectivity index (χ2n) is 4.85. The molecule has 24 heavy (non-hydrogen) atoms. The van der Waals surface area contributed by atoms with E-state index in [-0.39, 0.29) is 5.56 Å². The van der Waals surface area contributed by atoms with E-state index in [2.05, 4.69) is 16.0 Å². The molecule has 0 saturated heterocycles. The monoisotopic (exact) mass is 336 g/mol. The van der Waals surface area contributed by atoms with E-state index < -0.39 is 11.7 Å². The Kier molecular flexibility index (Phi) is 4.28. The fraction of sp³-hybridized carbons (Fsp3) is 0.0588. The summed E-state index contributed by atoms with van der Waals surface area (Å²) in [7, 11) is 0. The molecule has 0 atom stereocenters. The van der Waals surface area contributed by atoms with Crippen molar-refractivity contribution in [3.05, 3.63) is 59.2 Å². The van der Waals surface area contributed by atoms with Crippen molar-refractivity contribution in [1.29, 1.82) is 10.5 Å². The minimum Gasteiger partial charge on any atom is -0.492 e. The molecule has 1 aromatic carbocycles. The van der Waals surface area contributed by atoms with Crippen LogP contribution in [0.2, 0.25) is 0 Å². The smallest absolute Gasteiger partial charge is 0.230 e. The highest BCUT2D eigenvalue weighted by molar-refractivity contribution is 7.98. The Balaban J connectivity index is 2.06. The van der Waals surface area contributed by atoms with Gasteiger partial charge < -0.3 is 5.11 Å². The highest BCUT2D eigenvalue weighted by atomic mass is 32.2. The molecule has 0 aliphatic carbocycles. The molecule has 0 bridgehead atoms. The first-order valence-corrected chi connectivity index (χ1v) is 7.80. The van der Waals surface area contributed by atoms with Crippen LogP contribution in [0.3, 0.4) is 0 Å². The lowest BCUT2D eigenvalue weighted by atomic mass is 10.1. The van der Waals surface area contributed by atoms with Crippen LogP contribution in [0, 0.1) is 28.5 Å². The van der Waals surface area contributed by atoms with Crippen molar-refractivity contribution in [3.63, 3.8) is 0 Å². The molecule has 3 rings (SSSR count). The molecule has 116 valence electrons. The van der Waals surface area contributed by atoms with Gasteiger partial charge in [-0.05, 0) is 29.8 Å². The molecule has 5 nitrogen and oxygen atoms in total. The third-order valence-corrected chi connectivity index (χ3v) is 4.45. The van der Waals surface area contributed by atoms with Crippen molar-refractivity contribution in [1.82, 2.24) is 9.97 Å². The summed E-state index contributed by atoms with van der Waals surface area (Å²) in [4.78, 5) is 8.00. The van der Waals surface area contributed by atoms with Crippen molar-refractivity contribution in [2.24, 2.45) is 0 Å². The molecular weight excluding hydrogens is 327 g/mol. The number of hydrogen-bond acceptors (Lipinski definition) is 6. The maximum atomic E-state index is 13.6. The molecule has 0 amide bonds. The third kappa shape index (κ3) is 2.85. The number of hydrogen-bond donors (Lipinski definition) is 1. The highest BCUT2D eigenvalue weighted by Gasteiger charge is 2.15. The predicted octanol–water partition coefficient (Wildman–Crippen LogP) is 3.51. The SMILES string of the molecule is N#Cc1ccncc1CSc1nc(O)c(C#N)c2ccc(F)cc12. The van der Waals surface area contributed by atoms with Gasteiger partial charge in [0.25, 0.3) is 0 Å². The van der Waals surface area contributed by atoms with Crippen LogP contribution in [0.1, 0.15) is 16.7 Å². The maximum Gasteiger partial charge on any atom is 0.230 e. The van der Waals surface area contributed by atoms with Crippen molar-refractivity contribution < 1.29 is 9.50 Å². The predicted molar refractivity (Wildman–Crippen MR) is 86.6 cm³/mol. The fourth-order valence-electron chi connectivity index (χ4n) is 2.26. The minimum atomic E-state index is -0.458. The van der Waals surface area contributed by atoms with E-state index in [1.807, 2.05) is 6.07 Å². The van der Waals surface area contributed by atoms with E-state index in [9.17, 15) is 9.50 Å². The van der Waals surface area contributed by atoms with Gasteiger partial charge in [-0.3, -0.25) is 4.98 Å². The molecule has 1 N–H and O–H groups in total. The van der Waals surface area contributed by atoms with Crippen LogP contribution in [0.5, 0.6) is 5.88 Å². The van der Waals surface area contributed by atoms with E-state index in [0.717, 1.165) is 0 Å². The number of nitriles is 2. The van der Waals surface area contributed by atoms with Gasteiger partial charge in [0.15, 0.2) is 0 Å². The zero-order valence-corrected chi connectivity index (χ0v) is 13.0. The summed E-state index contributed by atoms with van der Waals surface area (Å²) >= 11 is 1.24. The molecule has 0 spiro atoms. The normalized spacial score (nSPS) is 10.3. The molecule has 0 radical (unpaired) electrons. The molecule has 7 heteroatoms. The van der Waals surface area contributed by atoms with Gasteiger partial charge in [0, 0.05) is 28.9 Å². The molecular formula is C17H9FN4OS. The Bertz CT molecular complexity index is 1020. The number of rotatable bonds is 3. The zero-order chi connectivity index (χ0) is 17.1. The summed E-state index contributed by atoms with van der Waals surface area (Å²) in [5, 5.41) is 29.5. The van der Waals surface area contributed by atoms with Gasteiger partial charge >= 0.3 is 0 Å². The summed E-state index contributed by atoms with van der Waals surface area (Å²) in [6, 6.07) is 9.52. The minimum absolute atomic E-state index is 0.00782. The number of aromatic nitrogens is 2. The van der Waals surface area contributed by atoms with Crippen molar-refractivity contribution >= 4 is 22.5 Å². The molecule has 3 aromatic rings. The number of fused-ring (bicyclic) bond motifs is 1. The standard InChI is InChI=1S/C17H9FN4OS/c18-12-1-2-13-14(5-12)17(22-16(23)15(13)7-20)24-9-11-8-21-4-3-10(11)6-19/h1-5,8H,9H2,(H,22,23). The highest BCUT2D eigenvalue weighted by Crippen LogP contribution is 2.34. The van der Waals surface area contributed by atoms with Crippen LogP contribution in [0.4, 0.5) is 4.39 Å². The fourth-order valence-corrected chi connectivity index (χ4v) is 3.26. The number of thioether (sulfide) groups is 1. The van der Waals surface area contributed by atoms with Crippen LogP contribution >= 0.6 is 11.8 Å². The van der Waals surface area contributed by atoms with Crippen molar-refractivity contribution in [3.8, 4) is 18.0 Å². The lowest BCUT2D eigenvalue weighted by Crippen LogP contribution is -1.93. The lowest BCUT2D eigenvalue weighted by molar-refractivity contribution is 0.448. The molecule has 0 saturated carbocycles. The molecule has 0 aliphatic heterocycles. The second kappa shape index (κ2) is 6.53. The summed E-state index contributed by atoms with van der Waals surface area (Å²) in [5.74, 6) is -0.480. The first-order chi connectivity index (χ1) is 11.6. The Hall–Kier alpha value is -3.16. The van der Waals surface area contributed by atoms with Crippen LogP contribution in [0.15, 0.2) is 41.7 Å². The quantitative estimate of drug-likeness (QED) is 0.736. The van der Waals surface area contributed by atoms with Crippen LogP contribution in [-0.2, 0) is 5.75 Å². The van der Waals surface area contributed by atoms with Crippen LogP contribution < -0.4 is 0 Å². The van der Waals surface area contributed by atoms with Crippen LogP contribution in [0.25, 0.3) is 10.8 Å². The van der Waals surface area contributed by atoms with E-state index >= 15 is 0 Å². The van der Waals surface area contributed by atoms with E-state index in [0.29, 0.717) is 32.7 Å². The lowest BCUT2D eigenvalue weighted by Gasteiger charge is -2.09. The zero-order valence-electron chi connectivity index (χ0n) is 12.2. The third-order valence-electron chi connectivity index (χ3n) is 3.41. The first kappa shape index (κ1) is 15.7. The topological polar surface area (TPSA) is 93.6 Å². The van der Waals surface area contributed by atoms with Gasteiger partial charge in [-0.15, -0.1) is 11.8 Å². The summed E-state index contributed by atoms with van der Waals surface area (Å²) < 4.78 is 13.6. The molecule has 0 unspecified atom stereocenters. The van der Waals surface area contributed by atoms with Crippen molar-refractivity contribution in [2.45, 2.75) is 10.8 Å². The van der Waals surface area contributed by atoms with Gasteiger partial charge in [-0.2, -0.15) is 10.5 Å². The van der Waals surface area contributed by atoms with Crippen molar-refractivity contribution in [2.75, 3.05) is 0 Å². The molecule has 0 fully saturated rings. The largest absolute Gasteiger partial charge is 0.492 e. The first-order valence-electron chi connectivity index (χ1n) is 6.82. The van der Waals surface area contributed by atoms with Gasteiger partial charge in [-0.25, -0.2) is 9.37 Å².